The highest BCUT2D eigenvalue weighted by Gasteiger charge is 2.59. The molecule has 0 fully saturated rings. The fourth-order valence-corrected chi connectivity index (χ4v) is 0.363. The third kappa shape index (κ3) is 3.31. The van der Waals surface area contributed by atoms with Crippen LogP contribution in [-0.2, 0) is 4.74 Å². The number of alkyl halides is 5. The molecule has 0 atom stereocenters. The minimum atomic E-state index is -5.64. The first-order valence-electron chi connectivity index (χ1n) is 3.04. The summed E-state index contributed by atoms with van der Waals surface area (Å²) in [6.45, 7) is -0.755. The quantitative estimate of drug-likeness (QED) is 0.538. The molecule has 0 aromatic heterocycles. The molecule has 0 amide bonds. The van der Waals surface area contributed by atoms with Crippen LogP contribution in [-0.4, -0.2) is 32.5 Å². The summed E-state index contributed by atoms with van der Waals surface area (Å²) in [7, 11) is 1.41. The molecular formula is C5H8F5NO. The summed E-state index contributed by atoms with van der Waals surface area (Å²) >= 11 is 0. The van der Waals surface area contributed by atoms with Gasteiger partial charge in [0.2, 0.25) is 0 Å². The molecular weight excluding hydrogens is 185 g/mol. The molecule has 0 aliphatic carbocycles. The molecule has 0 rings (SSSR count). The highest BCUT2D eigenvalue weighted by molar-refractivity contribution is 4.63. The number of halogens is 5. The average Bonchev–Trinajstić information content (AvgIpc) is 1.85. The van der Waals surface area contributed by atoms with Gasteiger partial charge in [-0.05, 0) is 7.05 Å². The number of hydrogen-bond acceptors (Lipinski definition) is 2. The highest BCUT2D eigenvalue weighted by Crippen LogP contribution is 2.35. The number of ether oxygens (including phenoxy) is 1. The molecule has 0 radical (unpaired) electrons. The lowest BCUT2D eigenvalue weighted by molar-refractivity contribution is -0.390. The van der Waals surface area contributed by atoms with Crippen molar-refractivity contribution in [3.05, 3.63) is 0 Å². The van der Waals surface area contributed by atoms with Gasteiger partial charge in [-0.15, -0.1) is 0 Å². The average molecular weight is 193 g/mol. The second kappa shape index (κ2) is 3.99. The van der Waals surface area contributed by atoms with Gasteiger partial charge in [-0.3, -0.25) is 0 Å². The lowest BCUT2D eigenvalue weighted by Crippen LogP contribution is -2.40. The molecule has 0 saturated heterocycles. The Kier molecular flexibility index (Phi) is 3.85. The Bertz CT molecular complexity index is 134. The van der Waals surface area contributed by atoms with Crippen molar-refractivity contribution in [2.45, 2.75) is 12.3 Å². The van der Waals surface area contributed by atoms with Crippen molar-refractivity contribution in [3.8, 4) is 0 Å². The van der Waals surface area contributed by atoms with E-state index in [2.05, 4.69) is 10.1 Å². The topological polar surface area (TPSA) is 21.3 Å². The molecule has 0 unspecified atom stereocenters. The molecule has 0 aliphatic rings. The van der Waals surface area contributed by atoms with E-state index in [0.717, 1.165) is 0 Å². The standard InChI is InChI=1S/C5H8F5NO/c1-11-2-3-12-5(9,10)4(6,7)8/h11H,2-3H2,1H3. The predicted molar refractivity (Wildman–Crippen MR) is 30.9 cm³/mol. The lowest BCUT2D eigenvalue weighted by Gasteiger charge is -2.18. The first-order valence-corrected chi connectivity index (χ1v) is 3.04. The van der Waals surface area contributed by atoms with Crippen molar-refractivity contribution >= 4 is 0 Å². The number of hydrogen-bond donors (Lipinski definition) is 1. The van der Waals surface area contributed by atoms with E-state index < -0.39 is 18.9 Å². The molecule has 1 N–H and O–H groups in total. The first-order chi connectivity index (χ1) is 5.31. The van der Waals surface area contributed by atoms with Crippen molar-refractivity contribution in [1.29, 1.82) is 0 Å². The van der Waals surface area contributed by atoms with Gasteiger partial charge in [0.1, 0.15) is 0 Å². The van der Waals surface area contributed by atoms with Gasteiger partial charge < -0.3 is 10.1 Å². The molecule has 0 aliphatic heterocycles. The molecule has 0 heterocycles. The number of rotatable bonds is 4. The molecule has 74 valence electrons. The Balaban J connectivity index is 3.88. The minimum Gasteiger partial charge on any atom is -0.317 e. The SMILES string of the molecule is CNCCOC(F)(F)C(F)(F)F. The summed E-state index contributed by atoms with van der Waals surface area (Å²) in [6, 6.07) is 0. The third-order valence-electron chi connectivity index (χ3n) is 0.965. The van der Waals surface area contributed by atoms with Crippen LogP contribution < -0.4 is 5.32 Å². The van der Waals surface area contributed by atoms with Crippen molar-refractivity contribution in [3.63, 3.8) is 0 Å². The molecule has 0 saturated carbocycles. The van der Waals surface area contributed by atoms with Crippen LogP contribution in [0.4, 0.5) is 22.0 Å². The zero-order valence-electron chi connectivity index (χ0n) is 6.21. The Morgan fingerprint density at radius 2 is 1.67 bits per heavy atom. The summed E-state index contributed by atoms with van der Waals surface area (Å²) in [5.41, 5.74) is 0. The minimum absolute atomic E-state index is 0.0638. The first kappa shape index (κ1) is 11.6. The third-order valence-corrected chi connectivity index (χ3v) is 0.965. The second-order valence-corrected chi connectivity index (χ2v) is 1.97. The molecule has 2 nitrogen and oxygen atoms in total. The summed E-state index contributed by atoms with van der Waals surface area (Å²) < 4.78 is 61.2. The summed E-state index contributed by atoms with van der Waals surface area (Å²) in [4.78, 5) is 0. The Morgan fingerprint density at radius 1 is 1.17 bits per heavy atom. The summed E-state index contributed by atoms with van der Waals surface area (Å²) in [6.07, 6.45) is -10.7. The van der Waals surface area contributed by atoms with E-state index in [9.17, 15) is 22.0 Å². The summed E-state index contributed by atoms with van der Waals surface area (Å²) in [5, 5.41) is 2.37. The van der Waals surface area contributed by atoms with Gasteiger partial charge in [0.15, 0.2) is 0 Å². The van der Waals surface area contributed by atoms with Gasteiger partial charge >= 0.3 is 12.3 Å². The van der Waals surface area contributed by atoms with Gasteiger partial charge in [0.25, 0.3) is 0 Å². The van der Waals surface area contributed by atoms with Crippen LogP contribution in [0, 0.1) is 0 Å². The lowest BCUT2D eigenvalue weighted by atomic mass is 10.6. The van der Waals surface area contributed by atoms with Crippen molar-refractivity contribution in [2.75, 3.05) is 20.2 Å². The maximum absolute atomic E-state index is 11.9. The molecule has 12 heavy (non-hydrogen) atoms. The van der Waals surface area contributed by atoms with Crippen LogP contribution in [0.25, 0.3) is 0 Å². The highest BCUT2D eigenvalue weighted by atomic mass is 19.4. The van der Waals surface area contributed by atoms with Crippen molar-refractivity contribution in [1.82, 2.24) is 5.32 Å². The van der Waals surface area contributed by atoms with Gasteiger partial charge in [-0.2, -0.15) is 22.0 Å². The summed E-state index contributed by atoms with van der Waals surface area (Å²) in [5.74, 6) is 0. The molecule has 0 aromatic carbocycles. The smallest absolute Gasteiger partial charge is 0.317 e. The van der Waals surface area contributed by atoms with Crippen LogP contribution >= 0.6 is 0 Å². The zero-order chi connectivity index (χ0) is 9.83. The molecule has 0 aromatic rings. The number of likely N-dealkylation sites (N-methyl/N-ethyl adjacent to an activating group) is 1. The molecule has 0 spiro atoms. The maximum atomic E-state index is 11.9. The monoisotopic (exact) mass is 193 g/mol. The van der Waals surface area contributed by atoms with Gasteiger partial charge in [0, 0.05) is 6.54 Å². The van der Waals surface area contributed by atoms with Crippen LogP contribution in [0.2, 0.25) is 0 Å². The van der Waals surface area contributed by atoms with Gasteiger partial charge in [-0.1, -0.05) is 0 Å². The second-order valence-electron chi connectivity index (χ2n) is 1.97. The van der Waals surface area contributed by atoms with Gasteiger partial charge in [0.05, 0.1) is 6.61 Å². The van der Waals surface area contributed by atoms with E-state index in [1.807, 2.05) is 0 Å². The van der Waals surface area contributed by atoms with Crippen LogP contribution in [0.3, 0.4) is 0 Å². The Hall–Kier alpha value is -0.430. The van der Waals surface area contributed by atoms with Gasteiger partial charge in [-0.25, -0.2) is 0 Å². The molecule has 0 bridgehead atoms. The fourth-order valence-electron chi connectivity index (χ4n) is 0.363. The largest absolute Gasteiger partial charge is 0.482 e. The van der Waals surface area contributed by atoms with Crippen molar-refractivity contribution in [2.24, 2.45) is 0 Å². The zero-order valence-corrected chi connectivity index (χ0v) is 6.21. The number of nitrogens with one attached hydrogen (secondary N) is 1. The molecule has 7 heteroatoms. The van der Waals surface area contributed by atoms with E-state index in [1.165, 1.54) is 7.05 Å². The van der Waals surface area contributed by atoms with E-state index >= 15 is 0 Å². The van der Waals surface area contributed by atoms with Crippen LogP contribution in [0.15, 0.2) is 0 Å². The van der Waals surface area contributed by atoms with Crippen molar-refractivity contribution < 1.29 is 26.7 Å². The Labute approximate surface area is 65.7 Å². The van der Waals surface area contributed by atoms with E-state index in [-0.39, 0.29) is 6.54 Å². The van der Waals surface area contributed by atoms with Crippen LogP contribution in [0.1, 0.15) is 0 Å². The Morgan fingerprint density at radius 3 is 2.00 bits per heavy atom. The van der Waals surface area contributed by atoms with E-state index in [1.54, 1.807) is 0 Å². The van der Waals surface area contributed by atoms with E-state index in [0.29, 0.717) is 0 Å². The predicted octanol–water partition coefficient (Wildman–Crippen LogP) is 1.38. The van der Waals surface area contributed by atoms with E-state index in [4.69, 9.17) is 0 Å². The fraction of sp³-hybridized carbons (Fsp3) is 1.00. The normalized spacial score (nSPS) is 13.5. The maximum Gasteiger partial charge on any atom is 0.482 e. The van der Waals surface area contributed by atoms with Crippen LogP contribution in [0.5, 0.6) is 0 Å².